The van der Waals surface area contributed by atoms with Crippen LogP contribution in [0.2, 0.25) is 19.6 Å². The quantitative estimate of drug-likeness (QED) is 0.333. The summed E-state index contributed by atoms with van der Waals surface area (Å²) in [6.07, 6.45) is 8.90. The van der Waals surface area contributed by atoms with E-state index in [1.54, 1.807) is 0 Å². The first-order chi connectivity index (χ1) is 7.40. The third-order valence-electron chi connectivity index (χ3n) is 3.18. The lowest BCUT2D eigenvalue weighted by atomic mass is 10.0. The fourth-order valence-electron chi connectivity index (χ4n) is 2.22. The van der Waals surface area contributed by atoms with E-state index in [0.717, 1.165) is 0 Å². The van der Waals surface area contributed by atoms with Crippen LogP contribution in [0.1, 0.15) is 51.9 Å². The van der Waals surface area contributed by atoms with Crippen LogP contribution in [0.4, 0.5) is 0 Å². The van der Waals surface area contributed by atoms with E-state index in [2.05, 4.69) is 33.1 Å². The molecule has 1 rings (SSSR count). The molecule has 0 radical (unpaired) electrons. The van der Waals surface area contributed by atoms with Crippen molar-refractivity contribution >= 4 is 8.32 Å². The van der Waals surface area contributed by atoms with Crippen LogP contribution in [0, 0.1) is 0 Å². The van der Waals surface area contributed by atoms with E-state index in [1.807, 2.05) is 0 Å². The minimum atomic E-state index is -1.41. The lowest BCUT2D eigenvalue weighted by Gasteiger charge is -2.28. The van der Waals surface area contributed by atoms with E-state index in [9.17, 15) is 0 Å². The lowest BCUT2D eigenvalue weighted by molar-refractivity contribution is 0.204. The summed E-state index contributed by atoms with van der Waals surface area (Å²) in [5, 5.41) is 0. The molecule has 0 aromatic carbocycles. The van der Waals surface area contributed by atoms with Crippen LogP contribution in [0.3, 0.4) is 0 Å². The molecule has 0 aliphatic heterocycles. The van der Waals surface area contributed by atoms with E-state index in [0.29, 0.717) is 0 Å². The summed E-state index contributed by atoms with van der Waals surface area (Å²) in [5.74, 6) is 0. The molecular formula is C14H28OSi. The largest absolute Gasteiger partial charge is 0.408 e. The number of unbranched alkanes of at least 4 members (excludes halogenated alkanes) is 3. The maximum Gasteiger partial charge on any atom is 0.184 e. The molecule has 1 saturated carbocycles. The number of rotatable bonds is 8. The van der Waals surface area contributed by atoms with Crippen molar-refractivity contribution in [2.24, 2.45) is 0 Å². The van der Waals surface area contributed by atoms with Gasteiger partial charge in [-0.2, -0.15) is 0 Å². The first-order valence-electron chi connectivity index (χ1n) is 6.78. The molecule has 0 amide bonds. The summed E-state index contributed by atoms with van der Waals surface area (Å²) in [7, 11) is -1.41. The minimum Gasteiger partial charge on any atom is -0.408 e. The van der Waals surface area contributed by atoms with Gasteiger partial charge in [0.2, 0.25) is 0 Å². The normalized spacial score (nSPS) is 18.5. The van der Waals surface area contributed by atoms with E-state index in [4.69, 9.17) is 4.43 Å². The van der Waals surface area contributed by atoms with Crippen LogP contribution in [0.15, 0.2) is 12.2 Å². The lowest BCUT2D eigenvalue weighted by Crippen LogP contribution is -2.34. The summed E-state index contributed by atoms with van der Waals surface area (Å²) in [6, 6.07) is 0. The maximum atomic E-state index is 6.29. The second-order valence-corrected chi connectivity index (χ2v) is 10.6. The molecule has 0 aromatic rings. The van der Waals surface area contributed by atoms with Gasteiger partial charge in [0.25, 0.3) is 0 Å². The summed E-state index contributed by atoms with van der Waals surface area (Å²) >= 11 is 0. The topological polar surface area (TPSA) is 9.23 Å². The highest BCUT2D eigenvalue weighted by Gasteiger charge is 2.48. The van der Waals surface area contributed by atoms with Gasteiger partial charge in [-0.15, -0.1) is 0 Å². The Labute approximate surface area is 102 Å². The Morgan fingerprint density at radius 3 is 2.25 bits per heavy atom. The summed E-state index contributed by atoms with van der Waals surface area (Å²) < 4.78 is 6.29. The van der Waals surface area contributed by atoms with Gasteiger partial charge in [0.1, 0.15) is 0 Å². The highest BCUT2D eigenvalue weighted by molar-refractivity contribution is 6.69. The van der Waals surface area contributed by atoms with Crippen molar-refractivity contribution in [1.29, 1.82) is 0 Å². The zero-order chi connectivity index (χ0) is 12.2. The zero-order valence-electron chi connectivity index (χ0n) is 11.6. The molecule has 1 fully saturated rings. The van der Waals surface area contributed by atoms with Gasteiger partial charge in [-0.3, -0.25) is 0 Å². The molecule has 94 valence electrons. The molecule has 0 N–H and O–H groups in total. The molecule has 0 heterocycles. The van der Waals surface area contributed by atoms with Crippen LogP contribution in [-0.2, 0) is 4.43 Å². The first kappa shape index (κ1) is 14.0. The Kier molecular flexibility index (Phi) is 4.81. The van der Waals surface area contributed by atoms with Gasteiger partial charge in [0.05, 0.1) is 5.60 Å². The highest BCUT2D eigenvalue weighted by atomic mass is 28.4. The van der Waals surface area contributed by atoms with E-state index >= 15 is 0 Å². The van der Waals surface area contributed by atoms with Crippen LogP contribution < -0.4 is 0 Å². The molecule has 1 aliphatic rings. The first-order valence-corrected chi connectivity index (χ1v) is 10.2. The van der Waals surface area contributed by atoms with Crippen LogP contribution in [0.5, 0.6) is 0 Å². The highest BCUT2D eigenvalue weighted by Crippen LogP contribution is 2.48. The molecule has 0 aromatic heterocycles. The minimum absolute atomic E-state index is 0.108. The summed E-state index contributed by atoms with van der Waals surface area (Å²) in [6.45, 7) is 13.3. The monoisotopic (exact) mass is 240 g/mol. The molecular weight excluding hydrogens is 212 g/mol. The van der Waals surface area contributed by atoms with E-state index in [-0.39, 0.29) is 5.60 Å². The average Bonchev–Trinajstić information content (AvgIpc) is 2.90. The van der Waals surface area contributed by atoms with Gasteiger partial charge in [-0.05, 0) is 50.9 Å². The van der Waals surface area contributed by atoms with Gasteiger partial charge in [-0.1, -0.05) is 32.8 Å². The summed E-state index contributed by atoms with van der Waals surface area (Å²) in [5.41, 5.74) is 1.47. The maximum absolute atomic E-state index is 6.29. The predicted molar refractivity (Wildman–Crippen MR) is 74.3 cm³/mol. The van der Waals surface area contributed by atoms with Crippen molar-refractivity contribution in [3.63, 3.8) is 0 Å². The van der Waals surface area contributed by atoms with Gasteiger partial charge >= 0.3 is 0 Å². The molecule has 1 aliphatic carbocycles. The van der Waals surface area contributed by atoms with Crippen molar-refractivity contribution in [2.75, 3.05) is 0 Å². The Morgan fingerprint density at radius 1 is 1.19 bits per heavy atom. The van der Waals surface area contributed by atoms with Crippen LogP contribution >= 0.6 is 0 Å². The van der Waals surface area contributed by atoms with Crippen molar-refractivity contribution in [3.05, 3.63) is 12.2 Å². The predicted octanol–water partition coefficient (Wildman–Crippen LogP) is 4.90. The smallest absolute Gasteiger partial charge is 0.184 e. The Hall–Kier alpha value is -0.0831. The van der Waals surface area contributed by atoms with Crippen molar-refractivity contribution in [3.8, 4) is 0 Å². The molecule has 16 heavy (non-hydrogen) atoms. The van der Waals surface area contributed by atoms with Gasteiger partial charge in [0, 0.05) is 0 Å². The Morgan fingerprint density at radius 2 is 1.81 bits per heavy atom. The van der Waals surface area contributed by atoms with Crippen molar-refractivity contribution in [2.45, 2.75) is 77.1 Å². The number of hydrogen-bond acceptors (Lipinski definition) is 1. The third-order valence-corrected chi connectivity index (χ3v) is 4.19. The fraction of sp³-hybridized carbons (Fsp3) is 0.857. The zero-order valence-corrected chi connectivity index (χ0v) is 12.6. The molecule has 0 saturated heterocycles. The second kappa shape index (κ2) is 5.50. The molecule has 0 bridgehead atoms. The molecule has 0 unspecified atom stereocenters. The fourth-order valence-corrected chi connectivity index (χ4v) is 3.74. The third kappa shape index (κ3) is 4.42. The standard InChI is InChI=1S/C14H28OSi/c1-6-7-8-9-10-13(2)14(11-12-14)15-16(3,4)5/h2,6-12H2,1,3-5H3. The second-order valence-electron chi connectivity index (χ2n) is 6.12. The van der Waals surface area contributed by atoms with Crippen molar-refractivity contribution < 1.29 is 4.43 Å². The Bertz CT molecular complexity index is 236. The average molecular weight is 240 g/mol. The van der Waals surface area contributed by atoms with Crippen LogP contribution in [-0.4, -0.2) is 13.9 Å². The van der Waals surface area contributed by atoms with Crippen molar-refractivity contribution in [1.82, 2.24) is 0 Å². The number of hydrogen-bond donors (Lipinski definition) is 0. The van der Waals surface area contributed by atoms with Gasteiger partial charge in [-0.25, -0.2) is 0 Å². The SMILES string of the molecule is C=C(CCCCCC)C1(O[Si](C)(C)C)CC1. The van der Waals surface area contributed by atoms with E-state index < -0.39 is 8.32 Å². The van der Waals surface area contributed by atoms with Gasteiger partial charge in [0.15, 0.2) is 8.32 Å². The summed E-state index contributed by atoms with van der Waals surface area (Å²) in [4.78, 5) is 0. The molecule has 0 spiro atoms. The van der Waals surface area contributed by atoms with E-state index in [1.165, 1.54) is 50.5 Å². The molecule has 2 heteroatoms. The Balaban J connectivity index is 2.30. The van der Waals surface area contributed by atoms with Gasteiger partial charge < -0.3 is 4.43 Å². The molecule has 0 atom stereocenters. The van der Waals surface area contributed by atoms with Crippen LogP contribution in [0.25, 0.3) is 0 Å². The molecule has 1 nitrogen and oxygen atoms in total.